The summed E-state index contributed by atoms with van der Waals surface area (Å²) in [4.78, 5) is 29.1. The van der Waals surface area contributed by atoms with Crippen LogP contribution < -0.4 is 0 Å². The van der Waals surface area contributed by atoms with Gasteiger partial charge in [0.2, 0.25) is 0 Å². The lowest BCUT2D eigenvalue weighted by molar-refractivity contribution is -0.152. The van der Waals surface area contributed by atoms with Crippen molar-refractivity contribution in [1.29, 1.82) is 0 Å². The van der Waals surface area contributed by atoms with Gasteiger partial charge in [-0.15, -0.1) is 0 Å². The number of aromatic nitrogens is 1. The Bertz CT molecular complexity index is 545. The minimum Gasteiger partial charge on any atom is -0.481 e. The predicted molar refractivity (Wildman–Crippen MR) is 74.3 cm³/mol. The van der Waals surface area contributed by atoms with Crippen LogP contribution in [-0.2, 0) is 4.79 Å². The molecule has 1 fully saturated rings. The van der Waals surface area contributed by atoms with Crippen LogP contribution in [0.2, 0.25) is 0 Å². The van der Waals surface area contributed by atoms with Crippen molar-refractivity contribution < 1.29 is 19.1 Å². The van der Waals surface area contributed by atoms with Gasteiger partial charge in [0.15, 0.2) is 5.82 Å². The molecule has 2 heterocycles. The largest absolute Gasteiger partial charge is 0.481 e. The van der Waals surface area contributed by atoms with Crippen molar-refractivity contribution in [2.24, 2.45) is 5.41 Å². The molecule has 0 bridgehead atoms. The molecule has 1 unspecified atom stereocenters. The zero-order chi connectivity index (χ0) is 15.5. The number of halogens is 1. The number of piperidine rings is 1. The Morgan fingerprint density at radius 2 is 2.29 bits per heavy atom. The minimum absolute atomic E-state index is 0.0531. The lowest BCUT2D eigenvalue weighted by Crippen LogP contribution is -2.50. The van der Waals surface area contributed by atoms with Crippen LogP contribution in [0.5, 0.6) is 0 Å². The molecule has 0 spiro atoms. The van der Waals surface area contributed by atoms with Crippen LogP contribution in [-0.4, -0.2) is 40.0 Å². The molecule has 0 aliphatic carbocycles. The van der Waals surface area contributed by atoms with E-state index in [4.69, 9.17) is 0 Å². The van der Waals surface area contributed by atoms with Gasteiger partial charge in [-0.25, -0.2) is 4.39 Å². The average molecular weight is 294 g/mol. The molecule has 21 heavy (non-hydrogen) atoms. The zero-order valence-electron chi connectivity index (χ0n) is 12.0. The van der Waals surface area contributed by atoms with Gasteiger partial charge in [-0.05, 0) is 25.3 Å². The first-order valence-corrected chi connectivity index (χ1v) is 7.12. The summed E-state index contributed by atoms with van der Waals surface area (Å²) < 4.78 is 13.7. The van der Waals surface area contributed by atoms with Gasteiger partial charge in [0.25, 0.3) is 5.91 Å². The fourth-order valence-electron chi connectivity index (χ4n) is 2.99. The number of pyridine rings is 1. The molecule has 0 aromatic carbocycles. The number of likely N-dealkylation sites (tertiary alicyclic amines) is 1. The van der Waals surface area contributed by atoms with Crippen molar-refractivity contribution in [1.82, 2.24) is 9.88 Å². The van der Waals surface area contributed by atoms with E-state index in [-0.39, 0.29) is 12.1 Å². The number of carboxylic acids is 1. The van der Waals surface area contributed by atoms with Gasteiger partial charge in [-0.3, -0.25) is 14.6 Å². The number of carbonyl (C=O) groups is 2. The van der Waals surface area contributed by atoms with E-state index in [1.165, 1.54) is 17.2 Å². The third kappa shape index (κ3) is 3.04. The van der Waals surface area contributed by atoms with Crippen molar-refractivity contribution in [2.75, 3.05) is 13.1 Å². The molecule has 1 aromatic heterocycles. The Morgan fingerprint density at radius 3 is 2.90 bits per heavy atom. The number of amides is 1. The number of hydrogen-bond acceptors (Lipinski definition) is 3. The van der Waals surface area contributed by atoms with Gasteiger partial charge in [0.05, 0.1) is 17.2 Å². The van der Waals surface area contributed by atoms with Crippen molar-refractivity contribution >= 4 is 11.9 Å². The van der Waals surface area contributed by atoms with Gasteiger partial charge in [-0.1, -0.05) is 13.3 Å². The Morgan fingerprint density at radius 1 is 1.52 bits per heavy atom. The van der Waals surface area contributed by atoms with Crippen LogP contribution >= 0.6 is 0 Å². The Hall–Kier alpha value is -1.98. The van der Waals surface area contributed by atoms with E-state index in [9.17, 15) is 19.1 Å². The molecule has 1 aliphatic heterocycles. The predicted octanol–water partition coefficient (Wildman–Crippen LogP) is 2.33. The first-order valence-electron chi connectivity index (χ1n) is 7.12. The summed E-state index contributed by atoms with van der Waals surface area (Å²) >= 11 is 0. The smallest absolute Gasteiger partial charge is 0.311 e. The van der Waals surface area contributed by atoms with Crippen LogP contribution in [0.25, 0.3) is 0 Å². The van der Waals surface area contributed by atoms with Gasteiger partial charge in [0.1, 0.15) is 0 Å². The van der Waals surface area contributed by atoms with Crippen LogP contribution in [0.15, 0.2) is 18.5 Å². The summed E-state index contributed by atoms with van der Waals surface area (Å²) in [6.45, 7) is 2.52. The second-order valence-electron chi connectivity index (χ2n) is 5.52. The quantitative estimate of drug-likeness (QED) is 0.925. The summed E-state index contributed by atoms with van der Waals surface area (Å²) in [5, 5.41) is 9.52. The Labute approximate surface area is 122 Å². The fraction of sp³-hybridized carbons (Fsp3) is 0.533. The number of carbonyl (C=O) groups excluding carboxylic acids is 1. The van der Waals surface area contributed by atoms with Crippen LogP contribution in [0.1, 0.15) is 43.0 Å². The molecule has 1 saturated heterocycles. The highest BCUT2D eigenvalue weighted by atomic mass is 19.1. The lowest BCUT2D eigenvalue weighted by Gasteiger charge is -2.40. The van der Waals surface area contributed by atoms with Crippen molar-refractivity contribution in [3.8, 4) is 0 Å². The fourth-order valence-corrected chi connectivity index (χ4v) is 2.99. The van der Waals surface area contributed by atoms with Crippen LogP contribution in [0.4, 0.5) is 4.39 Å². The van der Waals surface area contributed by atoms with E-state index in [1.807, 2.05) is 6.92 Å². The lowest BCUT2D eigenvalue weighted by atomic mass is 9.76. The maximum absolute atomic E-state index is 13.7. The number of rotatable bonds is 4. The molecular weight excluding hydrogens is 275 g/mol. The highest BCUT2D eigenvalue weighted by Gasteiger charge is 2.43. The van der Waals surface area contributed by atoms with Crippen molar-refractivity contribution in [3.63, 3.8) is 0 Å². The summed E-state index contributed by atoms with van der Waals surface area (Å²) in [6, 6.07) is 1.33. The number of aliphatic carboxylic acids is 1. The Balaban J connectivity index is 2.23. The van der Waals surface area contributed by atoms with Crippen molar-refractivity contribution in [3.05, 3.63) is 29.8 Å². The zero-order valence-corrected chi connectivity index (χ0v) is 12.0. The van der Waals surface area contributed by atoms with Crippen LogP contribution in [0.3, 0.4) is 0 Å². The maximum Gasteiger partial charge on any atom is 0.311 e. The normalized spacial score (nSPS) is 22.1. The van der Waals surface area contributed by atoms with Gasteiger partial charge in [-0.2, -0.15) is 0 Å². The monoisotopic (exact) mass is 294 g/mol. The minimum atomic E-state index is -0.911. The first-order chi connectivity index (χ1) is 10.00. The molecule has 2 rings (SSSR count). The molecule has 1 N–H and O–H groups in total. The molecule has 0 radical (unpaired) electrons. The SMILES string of the molecule is CCCC1(C(=O)O)CCCN(C(=O)c2ccncc2F)C1. The van der Waals surface area contributed by atoms with E-state index in [0.29, 0.717) is 25.8 Å². The summed E-state index contributed by atoms with van der Waals surface area (Å²) in [7, 11) is 0. The van der Waals surface area contributed by atoms with Gasteiger partial charge < -0.3 is 10.0 Å². The third-order valence-corrected chi connectivity index (χ3v) is 4.05. The van der Waals surface area contributed by atoms with E-state index < -0.39 is 23.1 Å². The molecule has 1 amide bonds. The van der Waals surface area contributed by atoms with E-state index in [2.05, 4.69) is 4.98 Å². The molecule has 0 saturated carbocycles. The van der Waals surface area contributed by atoms with E-state index in [1.54, 1.807) is 0 Å². The maximum atomic E-state index is 13.7. The van der Waals surface area contributed by atoms with Gasteiger partial charge in [0, 0.05) is 19.3 Å². The molecule has 5 nitrogen and oxygen atoms in total. The average Bonchev–Trinajstić information content (AvgIpc) is 2.47. The number of hydrogen-bond donors (Lipinski definition) is 1. The third-order valence-electron chi connectivity index (χ3n) is 4.05. The van der Waals surface area contributed by atoms with Gasteiger partial charge >= 0.3 is 5.97 Å². The summed E-state index contributed by atoms with van der Waals surface area (Å²) in [6.07, 6.45) is 4.77. The molecule has 6 heteroatoms. The highest BCUT2D eigenvalue weighted by Crippen LogP contribution is 2.35. The molecule has 1 aliphatic rings. The standard InChI is InChI=1S/C15H19FN2O3/c1-2-5-15(14(20)21)6-3-8-18(10-15)13(19)11-4-7-17-9-12(11)16/h4,7,9H,2-3,5-6,8,10H2,1H3,(H,20,21). The van der Waals surface area contributed by atoms with E-state index in [0.717, 1.165) is 12.6 Å². The number of nitrogens with zero attached hydrogens (tertiary/aromatic N) is 2. The second kappa shape index (κ2) is 6.20. The van der Waals surface area contributed by atoms with Crippen LogP contribution in [0, 0.1) is 11.2 Å². The number of carboxylic acid groups (broad SMARTS) is 1. The van der Waals surface area contributed by atoms with Crippen molar-refractivity contribution in [2.45, 2.75) is 32.6 Å². The topological polar surface area (TPSA) is 70.5 Å². The van der Waals surface area contributed by atoms with E-state index >= 15 is 0 Å². The second-order valence-corrected chi connectivity index (χ2v) is 5.52. The molecular formula is C15H19FN2O3. The molecule has 1 aromatic rings. The molecule has 114 valence electrons. The highest BCUT2D eigenvalue weighted by molar-refractivity contribution is 5.94. The first kappa shape index (κ1) is 15.4. The Kier molecular flexibility index (Phi) is 4.55. The summed E-state index contributed by atoms with van der Waals surface area (Å²) in [5.74, 6) is -2.02. The molecule has 1 atom stereocenters. The summed E-state index contributed by atoms with van der Waals surface area (Å²) in [5.41, 5.74) is -0.964.